The van der Waals surface area contributed by atoms with Gasteiger partial charge in [0.25, 0.3) is 0 Å². The van der Waals surface area contributed by atoms with E-state index >= 15 is 0 Å². The molecule has 1 N–H and O–H groups in total. The van der Waals surface area contributed by atoms with Crippen LogP contribution in [0.15, 0.2) is 36.4 Å². The zero-order valence-electron chi connectivity index (χ0n) is 10.6. The number of rotatable bonds is 2. The van der Waals surface area contributed by atoms with Crippen LogP contribution in [0.1, 0.15) is 17.9 Å². The molecule has 0 bridgehead atoms. The summed E-state index contributed by atoms with van der Waals surface area (Å²) in [4.78, 5) is 0. The summed E-state index contributed by atoms with van der Waals surface area (Å²) in [7, 11) is 1.75. The quantitative estimate of drug-likeness (QED) is 0.891. The van der Waals surface area contributed by atoms with Crippen LogP contribution in [0.3, 0.4) is 0 Å². The second-order valence-corrected chi connectivity index (χ2v) is 6.19. The number of ether oxygens (including phenoxy) is 1. The van der Waals surface area contributed by atoms with Gasteiger partial charge in [0, 0.05) is 17.4 Å². The van der Waals surface area contributed by atoms with Gasteiger partial charge in [-0.15, -0.1) is 11.8 Å². The maximum Gasteiger partial charge on any atom is 0.125 e. The van der Waals surface area contributed by atoms with Gasteiger partial charge in [-0.25, -0.2) is 0 Å². The number of hydrogen-bond donors (Lipinski definition) is 1. The molecule has 1 aliphatic rings. The van der Waals surface area contributed by atoms with Crippen LogP contribution in [0, 0.1) is 0 Å². The van der Waals surface area contributed by atoms with E-state index in [0.717, 1.165) is 12.3 Å². The van der Waals surface area contributed by atoms with Crippen molar-refractivity contribution in [1.82, 2.24) is 5.32 Å². The second-order valence-electron chi connectivity index (χ2n) is 4.64. The molecule has 0 spiro atoms. The van der Waals surface area contributed by atoms with Crippen LogP contribution in [0.25, 0.3) is 10.8 Å². The molecule has 2 unspecified atom stereocenters. The first-order chi connectivity index (χ1) is 8.79. The Labute approximate surface area is 112 Å². The Morgan fingerprint density at radius 2 is 2.06 bits per heavy atom. The maximum absolute atomic E-state index is 5.55. The van der Waals surface area contributed by atoms with Crippen molar-refractivity contribution in [2.24, 2.45) is 0 Å². The van der Waals surface area contributed by atoms with E-state index in [9.17, 15) is 0 Å². The van der Waals surface area contributed by atoms with Gasteiger partial charge in [-0.2, -0.15) is 0 Å². The van der Waals surface area contributed by atoms with E-state index < -0.39 is 0 Å². The lowest BCUT2D eigenvalue weighted by Crippen LogP contribution is -2.14. The van der Waals surface area contributed by atoms with E-state index in [1.165, 1.54) is 16.3 Å². The molecule has 0 radical (unpaired) electrons. The van der Waals surface area contributed by atoms with E-state index in [1.807, 2.05) is 11.8 Å². The first-order valence-corrected chi connectivity index (χ1v) is 7.18. The zero-order chi connectivity index (χ0) is 12.5. The highest BCUT2D eigenvalue weighted by Crippen LogP contribution is 2.42. The number of benzene rings is 2. The van der Waals surface area contributed by atoms with Crippen molar-refractivity contribution < 1.29 is 4.74 Å². The predicted molar refractivity (Wildman–Crippen MR) is 78.3 cm³/mol. The van der Waals surface area contributed by atoms with Gasteiger partial charge < -0.3 is 10.1 Å². The third-order valence-electron chi connectivity index (χ3n) is 3.37. The largest absolute Gasteiger partial charge is 0.496 e. The summed E-state index contributed by atoms with van der Waals surface area (Å²) in [5, 5.41) is 7.12. The zero-order valence-corrected chi connectivity index (χ0v) is 11.5. The molecule has 1 aliphatic heterocycles. The van der Waals surface area contributed by atoms with Crippen molar-refractivity contribution in [3.63, 3.8) is 0 Å². The molecule has 3 heteroatoms. The molecular weight excluding hydrogens is 242 g/mol. The number of fused-ring (bicyclic) bond motifs is 1. The highest BCUT2D eigenvalue weighted by atomic mass is 32.2. The number of nitrogens with one attached hydrogen (secondary N) is 1. The number of thioether (sulfide) groups is 1. The minimum Gasteiger partial charge on any atom is -0.496 e. The van der Waals surface area contributed by atoms with Crippen LogP contribution in [-0.4, -0.2) is 18.9 Å². The summed E-state index contributed by atoms with van der Waals surface area (Å²) in [6, 6.07) is 12.7. The molecule has 0 amide bonds. The molecule has 2 nitrogen and oxygen atoms in total. The molecule has 18 heavy (non-hydrogen) atoms. The van der Waals surface area contributed by atoms with Crippen molar-refractivity contribution in [2.45, 2.75) is 17.5 Å². The first kappa shape index (κ1) is 11.9. The van der Waals surface area contributed by atoms with Crippen molar-refractivity contribution in [3.8, 4) is 5.75 Å². The van der Waals surface area contributed by atoms with Crippen molar-refractivity contribution in [2.75, 3.05) is 13.7 Å². The molecule has 2 atom stereocenters. The van der Waals surface area contributed by atoms with E-state index in [1.54, 1.807) is 7.11 Å². The molecule has 1 heterocycles. The van der Waals surface area contributed by atoms with Crippen LogP contribution in [0.2, 0.25) is 0 Å². The molecule has 3 rings (SSSR count). The Bertz CT molecular complexity index is 569. The van der Waals surface area contributed by atoms with Gasteiger partial charge in [0.05, 0.1) is 12.5 Å². The summed E-state index contributed by atoms with van der Waals surface area (Å²) >= 11 is 1.97. The summed E-state index contributed by atoms with van der Waals surface area (Å²) < 4.78 is 5.55. The Kier molecular flexibility index (Phi) is 3.18. The summed E-state index contributed by atoms with van der Waals surface area (Å²) in [5.74, 6) is 0.979. The average Bonchev–Trinajstić information content (AvgIpc) is 2.83. The van der Waals surface area contributed by atoms with Gasteiger partial charge in [-0.3, -0.25) is 0 Å². The Morgan fingerprint density at radius 1 is 1.22 bits per heavy atom. The molecule has 0 saturated carbocycles. The fraction of sp³-hybridized carbons (Fsp3) is 0.333. The Balaban J connectivity index is 2.17. The lowest BCUT2D eigenvalue weighted by molar-refractivity contribution is 0.409. The van der Waals surface area contributed by atoms with E-state index in [-0.39, 0.29) is 0 Å². The molecule has 0 aliphatic carbocycles. The first-order valence-electron chi connectivity index (χ1n) is 6.24. The minimum atomic E-state index is 0.334. The van der Waals surface area contributed by atoms with Crippen LogP contribution in [0.5, 0.6) is 5.75 Å². The number of hydrogen-bond acceptors (Lipinski definition) is 3. The van der Waals surface area contributed by atoms with Gasteiger partial charge in [-0.1, -0.05) is 37.3 Å². The predicted octanol–water partition coefficient (Wildman–Crippen LogP) is 3.57. The molecule has 94 valence electrons. The lowest BCUT2D eigenvalue weighted by Gasteiger charge is -2.17. The van der Waals surface area contributed by atoms with Crippen molar-refractivity contribution in [3.05, 3.63) is 42.0 Å². The summed E-state index contributed by atoms with van der Waals surface area (Å²) in [5.41, 5.74) is 1.28. The second kappa shape index (κ2) is 4.82. The Morgan fingerprint density at radius 3 is 2.78 bits per heavy atom. The summed E-state index contributed by atoms with van der Waals surface area (Å²) in [6.45, 7) is 3.32. The highest BCUT2D eigenvalue weighted by Gasteiger charge is 2.26. The maximum atomic E-state index is 5.55. The SMILES string of the molecule is COc1ccc2ccccc2c1C1NCC(C)S1. The fourth-order valence-electron chi connectivity index (χ4n) is 2.50. The average molecular weight is 259 g/mol. The van der Waals surface area contributed by atoms with Gasteiger partial charge in [-0.05, 0) is 16.8 Å². The highest BCUT2D eigenvalue weighted by molar-refractivity contribution is 8.00. The molecule has 1 fully saturated rings. The van der Waals surface area contributed by atoms with Crippen LogP contribution in [0.4, 0.5) is 0 Å². The fourth-order valence-corrected chi connectivity index (χ4v) is 3.72. The third kappa shape index (κ3) is 1.98. The van der Waals surface area contributed by atoms with Gasteiger partial charge in [0.1, 0.15) is 5.75 Å². The number of methoxy groups -OCH3 is 1. The van der Waals surface area contributed by atoms with E-state index in [2.05, 4.69) is 48.6 Å². The lowest BCUT2D eigenvalue weighted by atomic mass is 10.0. The monoisotopic (exact) mass is 259 g/mol. The van der Waals surface area contributed by atoms with E-state index in [4.69, 9.17) is 4.74 Å². The smallest absolute Gasteiger partial charge is 0.125 e. The molecule has 1 saturated heterocycles. The van der Waals surface area contributed by atoms with Crippen molar-refractivity contribution >= 4 is 22.5 Å². The molecular formula is C15H17NOS. The van der Waals surface area contributed by atoms with Crippen LogP contribution in [-0.2, 0) is 0 Å². The Hall–Kier alpha value is -1.19. The van der Waals surface area contributed by atoms with Gasteiger partial charge in [0.15, 0.2) is 0 Å². The molecule has 2 aromatic carbocycles. The topological polar surface area (TPSA) is 21.3 Å². The summed E-state index contributed by atoms with van der Waals surface area (Å²) in [6.07, 6.45) is 0. The van der Waals surface area contributed by atoms with Crippen LogP contribution >= 0.6 is 11.8 Å². The minimum absolute atomic E-state index is 0.334. The molecule has 0 aromatic heterocycles. The van der Waals surface area contributed by atoms with Gasteiger partial charge in [0.2, 0.25) is 0 Å². The van der Waals surface area contributed by atoms with Crippen LogP contribution < -0.4 is 10.1 Å². The third-order valence-corrected chi connectivity index (χ3v) is 4.68. The molecule has 2 aromatic rings. The van der Waals surface area contributed by atoms with Crippen molar-refractivity contribution in [1.29, 1.82) is 0 Å². The van der Waals surface area contributed by atoms with Gasteiger partial charge >= 0.3 is 0 Å². The standard InChI is InChI=1S/C15H17NOS/c1-10-9-16-15(18-10)14-12-6-4-3-5-11(12)7-8-13(14)17-2/h3-8,10,15-16H,9H2,1-2H3. The normalized spacial score (nSPS) is 23.4. The van der Waals surface area contributed by atoms with E-state index in [0.29, 0.717) is 10.6 Å².